The fourth-order valence-electron chi connectivity index (χ4n) is 2.50. The lowest BCUT2D eigenvalue weighted by Gasteiger charge is -2.10. The van der Waals surface area contributed by atoms with Gasteiger partial charge in [0.15, 0.2) is 0 Å². The average molecular weight is 330 g/mol. The van der Waals surface area contributed by atoms with Gasteiger partial charge in [0.1, 0.15) is 4.88 Å². The topological polar surface area (TPSA) is 29.1 Å². The zero-order chi connectivity index (χ0) is 15.9. The molecule has 0 atom stereocenters. The van der Waals surface area contributed by atoms with Crippen molar-refractivity contribution < 1.29 is 4.79 Å². The van der Waals surface area contributed by atoms with Crippen LogP contribution in [-0.4, -0.2) is 5.91 Å². The van der Waals surface area contributed by atoms with E-state index in [0.717, 1.165) is 32.5 Å². The second-order valence-electron chi connectivity index (χ2n) is 5.47. The van der Waals surface area contributed by atoms with Crippen LogP contribution in [0.15, 0.2) is 36.4 Å². The number of hydrogen-bond acceptors (Lipinski definition) is 2. The Kier molecular flexibility index (Phi) is 3.94. The van der Waals surface area contributed by atoms with Gasteiger partial charge in [0.2, 0.25) is 0 Å². The van der Waals surface area contributed by atoms with E-state index in [1.807, 2.05) is 51.1 Å². The number of thiophene rings is 1. The molecule has 1 N–H and O–H groups in total. The number of aryl methyl sites for hydroxylation is 3. The number of amides is 1. The number of halogens is 1. The number of fused-ring (bicyclic) bond motifs is 1. The van der Waals surface area contributed by atoms with E-state index in [1.54, 1.807) is 0 Å². The number of carbonyl (C=O) groups excluding carboxylic acids is 1. The first-order chi connectivity index (χ1) is 10.5. The molecule has 0 spiro atoms. The summed E-state index contributed by atoms with van der Waals surface area (Å²) in [7, 11) is 0. The third-order valence-corrected chi connectivity index (χ3v) is 5.37. The first-order valence-electron chi connectivity index (χ1n) is 7.03. The standard InChI is InChI=1S/C18H16ClNOS/c1-10-7-8-13-14(9-10)22-17(15(13)19)18(21)20-16-11(2)5-4-6-12(16)3/h4-9H,1-3H3,(H,20,21). The number of benzene rings is 2. The number of nitrogens with one attached hydrogen (secondary N) is 1. The summed E-state index contributed by atoms with van der Waals surface area (Å²) in [5.74, 6) is -0.152. The van der Waals surface area contributed by atoms with Crippen molar-refractivity contribution >= 4 is 44.6 Å². The number of anilines is 1. The van der Waals surface area contributed by atoms with E-state index in [2.05, 4.69) is 11.4 Å². The SMILES string of the molecule is Cc1ccc2c(Cl)c(C(=O)Nc3c(C)cccc3C)sc2c1. The first-order valence-corrected chi connectivity index (χ1v) is 8.23. The molecule has 1 aromatic heterocycles. The Hall–Kier alpha value is -1.84. The number of rotatable bonds is 2. The average Bonchev–Trinajstić information content (AvgIpc) is 2.79. The minimum Gasteiger partial charge on any atom is -0.321 e. The van der Waals surface area contributed by atoms with Crippen LogP contribution in [-0.2, 0) is 0 Å². The van der Waals surface area contributed by atoms with Crippen LogP contribution in [0.2, 0.25) is 5.02 Å². The molecule has 22 heavy (non-hydrogen) atoms. The maximum atomic E-state index is 12.6. The Balaban J connectivity index is 2.01. The first kappa shape index (κ1) is 15.1. The van der Waals surface area contributed by atoms with Crippen LogP contribution in [0.3, 0.4) is 0 Å². The van der Waals surface area contributed by atoms with Gasteiger partial charge in [-0.25, -0.2) is 0 Å². The van der Waals surface area contributed by atoms with Crippen LogP contribution in [0.1, 0.15) is 26.4 Å². The van der Waals surface area contributed by atoms with Gasteiger partial charge in [-0.05, 0) is 43.5 Å². The Morgan fingerprint density at radius 1 is 1.09 bits per heavy atom. The highest BCUT2D eigenvalue weighted by molar-refractivity contribution is 7.21. The second kappa shape index (κ2) is 5.75. The molecule has 0 fully saturated rings. The van der Waals surface area contributed by atoms with Crippen molar-refractivity contribution in [3.8, 4) is 0 Å². The molecule has 2 nitrogen and oxygen atoms in total. The maximum Gasteiger partial charge on any atom is 0.267 e. The summed E-state index contributed by atoms with van der Waals surface area (Å²) in [5.41, 5.74) is 4.10. The Morgan fingerprint density at radius 2 is 1.77 bits per heavy atom. The largest absolute Gasteiger partial charge is 0.321 e. The number of hydrogen-bond donors (Lipinski definition) is 1. The second-order valence-corrected chi connectivity index (χ2v) is 6.90. The van der Waals surface area contributed by atoms with E-state index in [1.165, 1.54) is 11.3 Å². The van der Waals surface area contributed by atoms with Crippen molar-refractivity contribution in [2.24, 2.45) is 0 Å². The van der Waals surface area contributed by atoms with Crippen molar-refractivity contribution in [2.75, 3.05) is 5.32 Å². The quantitative estimate of drug-likeness (QED) is 0.639. The summed E-state index contributed by atoms with van der Waals surface area (Å²) >= 11 is 7.83. The summed E-state index contributed by atoms with van der Waals surface area (Å²) in [6.07, 6.45) is 0. The van der Waals surface area contributed by atoms with Crippen LogP contribution in [0, 0.1) is 20.8 Å². The highest BCUT2D eigenvalue weighted by atomic mass is 35.5. The summed E-state index contributed by atoms with van der Waals surface area (Å²) in [5, 5.41) is 4.46. The predicted molar refractivity (Wildman–Crippen MR) is 95.4 cm³/mol. The molecule has 0 aliphatic carbocycles. The minimum absolute atomic E-state index is 0.152. The third kappa shape index (κ3) is 2.62. The Morgan fingerprint density at radius 3 is 2.45 bits per heavy atom. The molecule has 0 unspecified atom stereocenters. The molecule has 0 bridgehead atoms. The molecule has 0 saturated carbocycles. The molecule has 0 aliphatic rings. The lowest BCUT2D eigenvalue weighted by molar-refractivity contribution is 0.103. The van der Waals surface area contributed by atoms with E-state index in [-0.39, 0.29) is 5.91 Å². The van der Waals surface area contributed by atoms with Crippen molar-refractivity contribution in [1.82, 2.24) is 0 Å². The predicted octanol–water partition coefficient (Wildman–Crippen LogP) is 5.73. The van der Waals surface area contributed by atoms with Gasteiger partial charge in [-0.3, -0.25) is 4.79 Å². The van der Waals surface area contributed by atoms with Gasteiger partial charge in [0.25, 0.3) is 5.91 Å². The van der Waals surface area contributed by atoms with Crippen LogP contribution in [0.25, 0.3) is 10.1 Å². The molecule has 1 heterocycles. The summed E-state index contributed by atoms with van der Waals surface area (Å²) < 4.78 is 1.04. The summed E-state index contributed by atoms with van der Waals surface area (Å²) in [6.45, 7) is 6.00. The highest BCUT2D eigenvalue weighted by Crippen LogP contribution is 2.36. The van der Waals surface area contributed by atoms with E-state index in [0.29, 0.717) is 9.90 Å². The van der Waals surface area contributed by atoms with Gasteiger partial charge in [0.05, 0.1) is 5.02 Å². The van der Waals surface area contributed by atoms with E-state index >= 15 is 0 Å². The molecule has 0 saturated heterocycles. The maximum absolute atomic E-state index is 12.6. The molecular weight excluding hydrogens is 314 g/mol. The van der Waals surface area contributed by atoms with Crippen LogP contribution >= 0.6 is 22.9 Å². The van der Waals surface area contributed by atoms with Crippen molar-refractivity contribution in [1.29, 1.82) is 0 Å². The van der Waals surface area contributed by atoms with Gasteiger partial charge < -0.3 is 5.32 Å². The Bertz CT molecular complexity index is 862. The lowest BCUT2D eigenvalue weighted by atomic mass is 10.1. The molecule has 112 valence electrons. The van der Waals surface area contributed by atoms with Gasteiger partial charge >= 0.3 is 0 Å². The molecular formula is C18H16ClNOS. The Labute approximate surface area is 138 Å². The fourth-order valence-corrected chi connectivity index (χ4v) is 4.01. The molecule has 1 amide bonds. The van der Waals surface area contributed by atoms with E-state index < -0.39 is 0 Å². The number of carbonyl (C=O) groups is 1. The third-order valence-electron chi connectivity index (χ3n) is 3.71. The van der Waals surface area contributed by atoms with Crippen molar-refractivity contribution in [3.05, 3.63) is 63.0 Å². The summed E-state index contributed by atoms with van der Waals surface area (Å²) in [4.78, 5) is 13.2. The zero-order valence-electron chi connectivity index (χ0n) is 12.7. The van der Waals surface area contributed by atoms with Crippen LogP contribution in [0.5, 0.6) is 0 Å². The lowest BCUT2D eigenvalue weighted by Crippen LogP contribution is -2.12. The smallest absolute Gasteiger partial charge is 0.267 e. The normalized spacial score (nSPS) is 10.9. The molecule has 0 aliphatic heterocycles. The molecule has 0 radical (unpaired) electrons. The van der Waals surface area contributed by atoms with Crippen molar-refractivity contribution in [2.45, 2.75) is 20.8 Å². The van der Waals surface area contributed by atoms with E-state index in [4.69, 9.17) is 11.6 Å². The van der Waals surface area contributed by atoms with Gasteiger partial charge in [-0.15, -0.1) is 11.3 Å². The van der Waals surface area contributed by atoms with Crippen LogP contribution in [0.4, 0.5) is 5.69 Å². The fraction of sp³-hybridized carbons (Fsp3) is 0.167. The van der Waals surface area contributed by atoms with Crippen LogP contribution < -0.4 is 5.32 Å². The van der Waals surface area contributed by atoms with Gasteiger partial charge in [-0.2, -0.15) is 0 Å². The van der Waals surface area contributed by atoms with Gasteiger partial charge in [-0.1, -0.05) is 41.9 Å². The molecule has 4 heteroatoms. The monoisotopic (exact) mass is 329 g/mol. The van der Waals surface area contributed by atoms with Gasteiger partial charge in [0, 0.05) is 15.8 Å². The molecule has 3 aromatic rings. The highest BCUT2D eigenvalue weighted by Gasteiger charge is 2.18. The zero-order valence-corrected chi connectivity index (χ0v) is 14.2. The molecule has 2 aromatic carbocycles. The minimum atomic E-state index is -0.152. The summed E-state index contributed by atoms with van der Waals surface area (Å²) in [6, 6.07) is 12.0. The van der Waals surface area contributed by atoms with E-state index in [9.17, 15) is 4.79 Å². The van der Waals surface area contributed by atoms with Crippen molar-refractivity contribution in [3.63, 3.8) is 0 Å². The number of para-hydroxylation sites is 1. The molecule has 3 rings (SSSR count).